The average molecular weight is 661 g/mol. The van der Waals surface area contributed by atoms with Gasteiger partial charge >= 0.3 is 0 Å². The molecule has 9 nitrogen and oxygen atoms in total. The summed E-state index contributed by atoms with van der Waals surface area (Å²) in [5, 5.41) is 3.01. The van der Waals surface area contributed by atoms with Crippen LogP contribution in [0.15, 0.2) is 77.3 Å². The number of nitrogens with zero attached hydrogens (tertiary/aromatic N) is 2. The van der Waals surface area contributed by atoms with Crippen molar-refractivity contribution in [2.45, 2.75) is 45.3 Å². The van der Waals surface area contributed by atoms with Crippen molar-refractivity contribution in [3.8, 4) is 11.5 Å². The molecule has 0 spiro atoms. The van der Waals surface area contributed by atoms with E-state index < -0.39 is 34.1 Å². The summed E-state index contributed by atoms with van der Waals surface area (Å²) in [5.74, 6) is -0.205. The smallest absolute Gasteiger partial charge is 0.244 e. The first kappa shape index (κ1) is 32.9. The van der Waals surface area contributed by atoms with Crippen molar-refractivity contribution in [3.05, 3.63) is 88.4 Å². The highest BCUT2D eigenvalue weighted by Crippen LogP contribution is 2.34. The monoisotopic (exact) mass is 659 g/mol. The lowest BCUT2D eigenvalue weighted by Crippen LogP contribution is -2.56. The van der Waals surface area contributed by atoms with Gasteiger partial charge in [-0.3, -0.25) is 13.9 Å². The lowest BCUT2D eigenvalue weighted by atomic mass is 10.0. The summed E-state index contributed by atoms with van der Waals surface area (Å²) >= 11 is 3.44. The predicted molar refractivity (Wildman–Crippen MR) is 168 cm³/mol. The molecule has 0 bridgehead atoms. The van der Waals surface area contributed by atoms with E-state index in [1.165, 1.54) is 25.2 Å². The molecule has 3 aromatic rings. The van der Waals surface area contributed by atoms with Crippen LogP contribution >= 0.6 is 15.9 Å². The number of hydrogen-bond donors (Lipinski definition) is 1. The lowest BCUT2D eigenvalue weighted by molar-refractivity contribution is -0.140. The third-order valence-electron chi connectivity index (χ3n) is 6.37. The average Bonchev–Trinajstić information content (AvgIpc) is 2.93. The highest BCUT2D eigenvalue weighted by molar-refractivity contribution is 9.10. The number of amides is 2. The highest BCUT2D eigenvalue weighted by Gasteiger charge is 2.35. The van der Waals surface area contributed by atoms with Crippen LogP contribution in [0.2, 0.25) is 0 Å². The molecule has 0 fully saturated rings. The molecular formula is C31H38BrN3O6S. The maximum absolute atomic E-state index is 14.2. The number of benzene rings is 3. The molecule has 0 saturated heterocycles. The number of carbonyl (C=O) groups is 2. The fourth-order valence-corrected chi connectivity index (χ4v) is 5.50. The number of halogens is 1. The van der Waals surface area contributed by atoms with Crippen molar-refractivity contribution >= 4 is 43.5 Å². The van der Waals surface area contributed by atoms with E-state index in [0.717, 1.165) is 26.2 Å². The Morgan fingerprint density at radius 3 is 2.12 bits per heavy atom. The van der Waals surface area contributed by atoms with Gasteiger partial charge in [-0.1, -0.05) is 58.4 Å². The topological polar surface area (TPSA) is 105 Å². The molecule has 0 saturated carbocycles. The molecule has 42 heavy (non-hydrogen) atoms. The molecule has 1 N–H and O–H groups in total. The minimum atomic E-state index is -3.95. The lowest BCUT2D eigenvalue weighted by Gasteiger charge is -2.35. The van der Waals surface area contributed by atoms with E-state index in [1.54, 1.807) is 12.1 Å². The second kappa shape index (κ2) is 14.1. The second-order valence-corrected chi connectivity index (χ2v) is 13.7. The van der Waals surface area contributed by atoms with Crippen molar-refractivity contribution in [1.82, 2.24) is 10.2 Å². The van der Waals surface area contributed by atoms with Crippen molar-refractivity contribution < 1.29 is 27.5 Å². The summed E-state index contributed by atoms with van der Waals surface area (Å²) in [4.78, 5) is 29.5. The molecular weight excluding hydrogens is 622 g/mol. The zero-order chi connectivity index (χ0) is 31.1. The summed E-state index contributed by atoms with van der Waals surface area (Å²) in [6.07, 6.45) is 1.26. The number of ether oxygens (including phenoxy) is 2. The quantitative estimate of drug-likeness (QED) is 0.300. The van der Waals surface area contributed by atoms with E-state index in [1.807, 2.05) is 75.4 Å². The van der Waals surface area contributed by atoms with Gasteiger partial charge in [-0.15, -0.1) is 0 Å². The van der Waals surface area contributed by atoms with E-state index in [-0.39, 0.29) is 30.3 Å². The van der Waals surface area contributed by atoms with Gasteiger partial charge in [0.1, 0.15) is 24.1 Å². The molecule has 226 valence electrons. The van der Waals surface area contributed by atoms with Crippen LogP contribution in [0.3, 0.4) is 0 Å². The Morgan fingerprint density at radius 1 is 0.929 bits per heavy atom. The number of anilines is 1. The van der Waals surface area contributed by atoms with Crippen LogP contribution in [0.4, 0.5) is 5.69 Å². The van der Waals surface area contributed by atoms with Gasteiger partial charge in [-0.05, 0) is 56.2 Å². The van der Waals surface area contributed by atoms with E-state index in [4.69, 9.17) is 9.47 Å². The van der Waals surface area contributed by atoms with Gasteiger partial charge in [0, 0.05) is 29.0 Å². The van der Waals surface area contributed by atoms with Gasteiger partial charge in [-0.2, -0.15) is 0 Å². The van der Waals surface area contributed by atoms with Gasteiger partial charge < -0.3 is 19.7 Å². The highest BCUT2D eigenvalue weighted by atomic mass is 79.9. The van der Waals surface area contributed by atoms with Gasteiger partial charge in [-0.25, -0.2) is 8.42 Å². The Bertz CT molecular complexity index is 1470. The summed E-state index contributed by atoms with van der Waals surface area (Å²) in [7, 11) is -1.05. The maximum Gasteiger partial charge on any atom is 0.244 e. The van der Waals surface area contributed by atoms with Crippen LogP contribution in [0, 0.1) is 0 Å². The molecule has 0 aliphatic heterocycles. The molecule has 3 aromatic carbocycles. The first-order chi connectivity index (χ1) is 19.7. The third-order valence-corrected chi connectivity index (χ3v) is 8.03. The van der Waals surface area contributed by atoms with Crippen LogP contribution in [0.1, 0.15) is 31.9 Å². The minimum Gasteiger partial charge on any atom is -0.497 e. The number of sulfonamides is 1. The molecule has 3 rings (SSSR count). The second-order valence-electron chi connectivity index (χ2n) is 10.9. The number of rotatable bonds is 12. The Kier molecular flexibility index (Phi) is 11.0. The third kappa shape index (κ3) is 9.22. The summed E-state index contributed by atoms with van der Waals surface area (Å²) in [5.41, 5.74) is 1.25. The van der Waals surface area contributed by atoms with Gasteiger partial charge in [0.15, 0.2) is 0 Å². The number of carbonyl (C=O) groups excluding carboxylic acids is 2. The predicted octanol–water partition coefficient (Wildman–Crippen LogP) is 4.79. The van der Waals surface area contributed by atoms with Gasteiger partial charge in [0.05, 0.1) is 26.2 Å². The Balaban J connectivity index is 2.10. The Hall–Kier alpha value is -3.57. The fraction of sp³-hybridized carbons (Fsp3) is 0.355. The van der Waals surface area contributed by atoms with E-state index >= 15 is 0 Å². The van der Waals surface area contributed by atoms with Crippen LogP contribution in [-0.2, 0) is 32.6 Å². The SMILES string of the molecule is COc1ccc(N(CC(=O)N(Cc2ccc(Br)cc2)C(Cc2ccccc2)C(=O)NC(C)(C)C)S(C)(=O)=O)c(OC)c1. The maximum atomic E-state index is 14.2. The van der Waals surface area contributed by atoms with E-state index in [9.17, 15) is 18.0 Å². The van der Waals surface area contributed by atoms with Crippen LogP contribution < -0.4 is 19.1 Å². The number of hydrogen-bond acceptors (Lipinski definition) is 6. The van der Waals surface area contributed by atoms with Crippen LogP contribution in [0.5, 0.6) is 11.5 Å². The van der Waals surface area contributed by atoms with Crippen molar-refractivity contribution in [1.29, 1.82) is 0 Å². The molecule has 1 unspecified atom stereocenters. The first-order valence-electron chi connectivity index (χ1n) is 13.3. The van der Waals surface area contributed by atoms with E-state index in [2.05, 4.69) is 21.2 Å². The molecule has 0 aromatic heterocycles. The Morgan fingerprint density at radius 2 is 1.57 bits per heavy atom. The Labute approximate surface area is 257 Å². The zero-order valence-electron chi connectivity index (χ0n) is 24.8. The largest absolute Gasteiger partial charge is 0.497 e. The summed E-state index contributed by atoms with van der Waals surface area (Å²) in [6, 6.07) is 20.6. The van der Waals surface area contributed by atoms with Crippen molar-refractivity contribution in [3.63, 3.8) is 0 Å². The van der Waals surface area contributed by atoms with Crippen LogP contribution in [0.25, 0.3) is 0 Å². The molecule has 0 radical (unpaired) electrons. The molecule has 2 amide bonds. The molecule has 0 heterocycles. The van der Waals surface area contributed by atoms with Gasteiger partial charge in [0.25, 0.3) is 0 Å². The standard InChI is InChI=1S/C31H38BrN3O6S/c1-31(2,3)33-30(37)27(18-22-10-8-7-9-11-22)34(20-23-12-14-24(32)15-13-23)29(36)21-35(42(6,38)39)26-17-16-25(40-4)19-28(26)41-5/h7-17,19,27H,18,20-21H2,1-6H3,(H,33,37). The number of nitrogens with one attached hydrogen (secondary N) is 1. The molecule has 0 aliphatic carbocycles. The summed E-state index contributed by atoms with van der Waals surface area (Å²) < 4.78 is 38.7. The normalized spacial score (nSPS) is 12.3. The molecule has 1 atom stereocenters. The number of methoxy groups -OCH3 is 2. The van der Waals surface area contributed by atoms with Crippen LogP contribution in [-0.4, -0.2) is 63.7 Å². The van der Waals surface area contributed by atoms with Crippen molar-refractivity contribution in [2.75, 3.05) is 31.3 Å². The molecule has 11 heteroatoms. The summed E-state index contributed by atoms with van der Waals surface area (Å²) in [6.45, 7) is 5.14. The minimum absolute atomic E-state index is 0.0819. The zero-order valence-corrected chi connectivity index (χ0v) is 27.2. The van der Waals surface area contributed by atoms with E-state index in [0.29, 0.717) is 5.75 Å². The first-order valence-corrected chi connectivity index (χ1v) is 16.0. The fourth-order valence-electron chi connectivity index (χ4n) is 4.38. The van der Waals surface area contributed by atoms with Crippen molar-refractivity contribution in [2.24, 2.45) is 0 Å². The molecule has 0 aliphatic rings. The van der Waals surface area contributed by atoms with Gasteiger partial charge in [0.2, 0.25) is 21.8 Å².